The number of aliphatic carboxylic acids is 1. The smallest absolute Gasteiger partial charge is 0.323 e. The monoisotopic (exact) mass is 1190 g/mol. The molecular weight excluding hydrogens is 1110 g/mol. The number of unbranched alkanes of at least 4 members (excludes halogenated alkanes) is 1. The largest absolute Gasteiger partial charge is 0.480 e. The Balaban J connectivity index is 0.979. The van der Waals surface area contributed by atoms with Crippen LogP contribution in [0.5, 0.6) is 0 Å². The number of Topliss-reactive ketones (excluding diaryl/α,β-unsaturated/α-hetero) is 1. The molecule has 0 saturated carbocycles. The third-order valence-corrected chi connectivity index (χ3v) is 15.8. The average Bonchev–Trinajstić information content (AvgIpc) is 3.52. The van der Waals surface area contributed by atoms with Crippen LogP contribution >= 0.6 is 0 Å². The Kier molecular flexibility index (Phi) is 21.2. The minimum atomic E-state index is -1.74. The van der Waals surface area contributed by atoms with Gasteiger partial charge in [-0.05, 0) is 81.7 Å². The lowest BCUT2D eigenvalue weighted by atomic mass is 9.94. The zero-order valence-electron chi connectivity index (χ0n) is 47.6. The Hall–Kier alpha value is -9.28. The number of aliphatic hydroxyl groups excluding tert-OH is 1. The predicted molar refractivity (Wildman–Crippen MR) is 311 cm³/mol. The van der Waals surface area contributed by atoms with Crippen LogP contribution in [0.2, 0.25) is 0 Å². The molecule has 6 aromatic rings. The number of aliphatic hydroxyl groups is 1. The maximum Gasteiger partial charge on any atom is 0.323 e. The van der Waals surface area contributed by atoms with E-state index in [-0.39, 0.29) is 70.1 Å². The highest BCUT2D eigenvalue weighted by Gasteiger charge is 2.47. The molecule has 2 aromatic carbocycles. The fourth-order valence-corrected chi connectivity index (χ4v) is 10.9. The Morgan fingerprint density at radius 3 is 1.62 bits per heavy atom. The number of para-hydroxylation sites is 2. The number of carbonyl (C=O) groups excluding carboxylic acids is 9. The zero-order valence-corrected chi connectivity index (χ0v) is 47.6. The van der Waals surface area contributed by atoms with Crippen molar-refractivity contribution < 1.29 is 58.2 Å². The number of hydrogen-bond donors (Lipinski definition) is 16. The number of hydrogen-bond acceptors (Lipinski definition) is 15. The third kappa shape index (κ3) is 15.7. The van der Waals surface area contributed by atoms with Crippen molar-refractivity contribution in [3.63, 3.8) is 0 Å². The van der Waals surface area contributed by atoms with Crippen LogP contribution in [0.3, 0.4) is 0 Å². The van der Waals surface area contributed by atoms with E-state index in [9.17, 15) is 58.2 Å². The van der Waals surface area contributed by atoms with Gasteiger partial charge < -0.3 is 78.4 Å². The van der Waals surface area contributed by atoms with Crippen molar-refractivity contribution in [2.75, 3.05) is 13.2 Å². The van der Waals surface area contributed by atoms with Gasteiger partial charge in [0.25, 0.3) is 0 Å². The number of nitrogens with two attached hydrogens (primary N) is 1. The number of amides is 8. The summed E-state index contributed by atoms with van der Waals surface area (Å²) in [6.45, 7) is 2.40. The maximum absolute atomic E-state index is 14.5. The third-order valence-electron chi connectivity index (χ3n) is 15.8. The molecule has 1 unspecified atom stereocenters. The number of nitrogens with zero attached hydrogens (tertiary/aromatic N) is 2. The summed E-state index contributed by atoms with van der Waals surface area (Å²) in [6.07, 6.45) is 10.5. The van der Waals surface area contributed by atoms with E-state index >= 15 is 0 Å². The van der Waals surface area contributed by atoms with Crippen LogP contribution in [0.1, 0.15) is 87.7 Å². The van der Waals surface area contributed by atoms with E-state index in [0.29, 0.717) is 47.3 Å². The lowest BCUT2D eigenvalue weighted by Crippen LogP contribution is -2.61. The van der Waals surface area contributed by atoms with Crippen molar-refractivity contribution in [3.05, 3.63) is 108 Å². The molecule has 2 aliphatic heterocycles. The van der Waals surface area contributed by atoms with Gasteiger partial charge in [-0.2, -0.15) is 0 Å². The minimum Gasteiger partial charge on any atom is -0.480 e. The van der Waals surface area contributed by atoms with Crippen molar-refractivity contribution in [2.24, 2.45) is 5.73 Å². The molecule has 8 amide bonds. The lowest BCUT2D eigenvalue weighted by Gasteiger charge is -2.28. The molecule has 0 bridgehead atoms. The van der Waals surface area contributed by atoms with Gasteiger partial charge in [-0.25, -0.2) is 9.97 Å². The molecule has 0 aliphatic carbocycles. The van der Waals surface area contributed by atoms with Crippen LogP contribution in [0.25, 0.3) is 21.8 Å². The molecule has 2 aliphatic rings. The summed E-state index contributed by atoms with van der Waals surface area (Å²) >= 11 is 0. The van der Waals surface area contributed by atoms with E-state index in [4.69, 9.17) is 5.73 Å². The van der Waals surface area contributed by atoms with Gasteiger partial charge in [0.15, 0.2) is 5.78 Å². The Labute approximate surface area is 493 Å². The fraction of sp³-hybridized carbons (Fsp3) is 0.448. The average molecular weight is 1190 g/mol. The number of carbonyl (C=O) groups is 10. The molecule has 28 nitrogen and oxygen atoms in total. The van der Waals surface area contributed by atoms with Crippen molar-refractivity contribution in [1.82, 2.24) is 77.8 Å². The van der Waals surface area contributed by atoms with Crippen LogP contribution in [0.4, 0.5) is 0 Å². The molecule has 458 valence electrons. The molecule has 2 saturated heterocycles. The summed E-state index contributed by atoms with van der Waals surface area (Å²) in [5, 5.41) is 46.5. The van der Waals surface area contributed by atoms with Crippen molar-refractivity contribution in [2.45, 2.75) is 151 Å². The first-order valence-electron chi connectivity index (χ1n) is 28.7. The number of imidazole rings is 2. The number of nitrogens with one attached hydrogen (secondary N) is 13. The fourth-order valence-electron chi connectivity index (χ4n) is 10.9. The van der Waals surface area contributed by atoms with E-state index in [1.54, 1.807) is 37.5 Å². The minimum absolute atomic E-state index is 0.0751. The van der Waals surface area contributed by atoms with E-state index in [1.165, 1.54) is 32.0 Å². The van der Waals surface area contributed by atoms with Gasteiger partial charge in [0.2, 0.25) is 47.3 Å². The first-order chi connectivity index (χ1) is 41.4. The second-order valence-corrected chi connectivity index (χ2v) is 21.8. The van der Waals surface area contributed by atoms with Crippen LogP contribution in [0.15, 0.2) is 86.0 Å². The van der Waals surface area contributed by atoms with Gasteiger partial charge in [-0.15, -0.1) is 0 Å². The molecule has 4 aromatic heterocycles. The summed E-state index contributed by atoms with van der Waals surface area (Å²) < 4.78 is 0. The van der Waals surface area contributed by atoms with Gasteiger partial charge in [-0.3, -0.25) is 53.3 Å². The molecule has 0 spiro atoms. The second-order valence-electron chi connectivity index (χ2n) is 21.8. The normalized spacial score (nSPS) is 19.0. The summed E-state index contributed by atoms with van der Waals surface area (Å²) in [7, 11) is 0. The Morgan fingerprint density at radius 2 is 1.13 bits per heavy atom. The van der Waals surface area contributed by atoms with Crippen molar-refractivity contribution in [1.29, 1.82) is 0 Å². The molecule has 28 heteroatoms. The van der Waals surface area contributed by atoms with Crippen molar-refractivity contribution >= 4 is 80.8 Å². The van der Waals surface area contributed by atoms with Crippen LogP contribution in [-0.4, -0.2) is 172 Å². The van der Waals surface area contributed by atoms with Crippen LogP contribution in [0, 0.1) is 0 Å². The SMILES string of the molecule is CC[C@@]1(C(=O)O)CCC(C(=O)[C@H](CCCCN)NC(=O)[C@H](Cc2c[nH]c3ccccc23)NC(=O)[C@H](C)NC(=O)[C@H](Cc2cnc[nH]2)NC(=O)[C@H](CO)NC(=O)[C@H](Cc2c[nH]c3ccccc23)NC(=O)[C@H](Cc2cnc[nH]2)NC(=O)[C@@H]2CCC(=O)N2)N1. The second kappa shape index (κ2) is 29.0. The van der Waals surface area contributed by atoms with Gasteiger partial charge in [0.1, 0.15) is 47.8 Å². The maximum atomic E-state index is 14.5. The molecule has 0 radical (unpaired) electrons. The number of aromatic amines is 4. The van der Waals surface area contributed by atoms with Gasteiger partial charge in [-0.1, -0.05) is 43.3 Å². The number of H-pyrrole nitrogens is 4. The van der Waals surface area contributed by atoms with Gasteiger partial charge in [0.05, 0.1) is 31.3 Å². The Bertz CT molecular complexity index is 3380. The zero-order chi connectivity index (χ0) is 61.5. The number of carboxylic acid groups (broad SMARTS) is 1. The number of carboxylic acids is 1. The molecule has 2 fully saturated rings. The number of ketones is 1. The standard InChI is InChI=1S/C58H74N16O12/c1-3-58(57(85)86)18-17-41(74-58)49(77)40(14-8-9-19-59)68-53(81)43(20-32-24-62-38-12-6-4-10-36(32)38)69-50(78)31(2)66-52(80)45(22-34-26-60-29-64-34)72-56(84)47(28-75)73-54(82)44(21-33-25-63-39-13-7-5-11-37(33)39)70-55(83)46(23-35-27-61-30-65-35)71-51(79)42-15-16-48(76)67-42/h4-7,10-13,24-27,29-31,40-47,62-63,74-75H,3,8-9,14-23,28,59H2,1-2H3,(H,60,64)(H,61,65)(H,66,80)(H,67,76)(H,68,81)(H,69,78)(H,70,83)(H,71,79)(H,72,84)(H,73,82)(H,85,86)/t31-,40-,41?,42-,43-,44-,45-,46-,47-,58-/m0/s1. The summed E-state index contributed by atoms with van der Waals surface area (Å²) in [5.74, 6) is -7.70. The van der Waals surface area contributed by atoms with Crippen LogP contribution in [-0.2, 0) is 73.6 Å². The summed E-state index contributed by atoms with van der Waals surface area (Å²) in [4.78, 5) is 158. The number of rotatable bonds is 31. The lowest BCUT2D eigenvalue weighted by molar-refractivity contribution is -0.144. The number of fused-ring (bicyclic) bond motifs is 2. The summed E-state index contributed by atoms with van der Waals surface area (Å²) in [6, 6.07) is 2.95. The predicted octanol–water partition coefficient (Wildman–Crippen LogP) is -1.27. The molecule has 10 atom stereocenters. The quantitative estimate of drug-likeness (QED) is 0.0226. The Morgan fingerprint density at radius 1 is 0.628 bits per heavy atom. The van der Waals surface area contributed by atoms with E-state index in [1.807, 2.05) is 30.3 Å². The topological polar surface area (TPSA) is 434 Å². The van der Waals surface area contributed by atoms with Crippen molar-refractivity contribution in [3.8, 4) is 0 Å². The van der Waals surface area contributed by atoms with Crippen LogP contribution < -0.4 is 53.6 Å². The highest BCUT2D eigenvalue weighted by molar-refractivity contribution is 6.00. The molecule has 86 heavy (non-hydrogen) atoms. The van der Waals surface area contributed by atoms with Gasteiger partial charge in [0, 0.05) is 90.1 Å². The molecule has 8 rings (SSSR count). The molecular formula is C58H74N16O12. The highest BCUT2D eigenvalue weighted by Crippen LogP contribution is 2.29. The number of benzene rings is 2. The molecule has 6 heterocycles. The highest BCUT2D eigenvalue weighted by atomic mass is 16.4. The van der Waals surface area contributed by atoms with Gasteiger partial charge >= 0.3 is 5.97 Å². The first kappa shape index (κ1) is 62.8. The van der Waals surface area contributed by atoms with E-state index in [0.717, 1.165) is 16.4 Å². The van der Waals surface area contributed by atoms with E-state index < -0.39 is 120 Å². The number of aromatic nitrogens is 6. The van der Waals surface area contributed by atoms with E-state index in [2.05, 4.69) is 77.8 Å². The summed E-state index contributed by atoms with van der Waals surface area (Å²) in [5.41, 5.74) is 8.01. The first-order valence-corrected chi connectivity index (χ1v) is 28.7. The molecule has 17 N–H and O–H groups in total.